The Morgan fingerprint density at radius 3 is 3.00 bits per heavy atom. The fourth-order valence-corrected chi connectivity index (χ4v) is 1.78. The van der Waals surface area contributed by atoms with Crippen molar-refractivity contribution in [2.75, 3.05) is 20.1 Å². The summed E-state index contributed by atoms with van der Waals surface area (Å²) in [4.78, 5) is 15.2. The smallest absolute Gasteiger partial charge is 0.272 e. The summed E-state index contributed by atoms with van der Waals surface area (Å²) < 4.78 is 13.7. The van der Waals surface area contributed by atoms with Crippen molar-refractivity contribution in [3.8, 4) is 0 Å². The minimum absolute atomic E-state index is 0.161. The maximum absolute atomic E-state index is 13.7. The van der Waals surface area contributed by atoms with Crippen molar-refractivity contribution in [3.63, 3.8) is 0 Å². The molecule has 1 aliphatic rings. The maximum Gasteiger partial charge on any atom is 0.272 e. The van der Waals surface area contributed by atoms with Crippen molar-refractivity contribution in [3.05, 3.63) is 35.4 Å². The number of nitrogens with zero attached hydrogens (tertiary/aromatic N) is 1. The molecule has 0 spiro atoms. The van der Waals surface area contributed by atoms with E-state index in [1.807, 2.05) is 6.08 Å². The van der Waals surface area contributed by atoms with Crippen LogP contribution in [0.1, 0.15) is 22.5 Å². The molecule has 0 aromatic carbocycles. The van der Waals surface area contributed by atoms with Crippen molar-refractivity contribution in [2.24, 2.45) is 0 Å². The zero-order chi connectivity index (χ0) is 12.3. The maximum atomic E-state index is 13.7. The normalized spacial score (nSPS) is 15.3. The van der Waals surface area contributed by atoms with Crippen LogP contribution in [0.5, 0.6) is 0 Å². The third-order valence-electron chi connectivity index (χ3n) is 2.72. The Kier molecular flexibility index (Phi) is 3.49. The first-order valence-corrected chi connectivity index (χ1v) is 5.50. The zero-order valence-electron chi connectivity index (χ0n) is 9.59. The van der Waals surface area contributed by atoms with Crippen LogP contribution in [0.2, 0.25) is 0 Å². The van der Waals surface area contributed by atoms with Crippen molar-refractivity contribution in [2.45, 2.75) is 6.42 Å². The van der Waals surface area contributed by atoms with Gasteiger partial charge in [-0.05, 0) is 30.2 Å². The van der Waals surface area contributed by atoms with E-state index in [0.717, 1.165) is 30.6 Å². The molecule has 17 heavy (non-hydrogen) atoms. The lowest BCUT2D eigenvalue weighted by atomic mass is 10.0. The molecule has 0 aliphatic carbocycles. The van der Waals surface area contributed by atoms with Gasteiger partial charge in [-0.3, -0.25) is 4.79 Å². The molecule has 1 aromatic rings. The van der Waals surface area contributed by atoms with Crippen molar-refractivity contribution in [1.82, 2.24) is 15.6 Å². The quantitative estimate of drug-likeness (QED) is 0.802. The van der Waals surface area contributed by atoms with Gasteiger partial charge in [0.2, 0.25) is 0 Å². The van der Waals surface area contributed by atoms with Crippen LogP contribution in [0, 0.1) is 5.82 Å². The summed E-state index contributed by atoms with van der Waals surface area (Å²) in [5.74, 6) is -1.09. The van der Waals surface area contributed by atoms with Gasteiger partial charge in [0.25, 0.3) is 5.91 Å². The van der Waals surface area contributed by atoms with Crippen LogP contribution >= 0.6 is 0 Å². The second-order valence-electron chi connectivity index (χ2n) is 3.82. The van der Waals surface area contributed by atoms with Gasteiger partial charge in [-0.2, -0.15) is 0 Å². The molecule has 4 nitrogen and oxygen atoms in total. The van der Waals surface area contributed by atoms with E-state index in [0.29, 0.717) is 0 Å². The summed E-state index contributed by atoms with van der Waals surface area (Å²) in [6, 6.07) is 1.37. The predicted molar refractivity (Wildman–Crippen MR) is 63.0 cm³/mol. The molecule has 0 radical (unpaired) electrons. The summed E-state index contributed by atoms with van der Waals surface area (Å²) in [5, 5.41) is 5.54. The molecule has 0 bridgehead atoms. The van der Waals surface area contributed by atoms with Crippen LogP contribution in [0.15, 0.2) is 18.3 Å². The Hall–Kier alpha value is -1.75. The van der Waals surface area contributed by atoms with E-state index in [4.69, 9.17) is 0 Å². The molecule has 2 rings (SSSR count). The highest BCUT2D eigenvalue weighted by Gasteiger charge is 2.14. The average molecular weight is 235 g/mol. The number of aromatic nitrogens is 1. The molecule has 1 aliphatic heterocycles. The first-order chi connectivity index (χ1) is 8.22. The van der Waals surface area contributed by atoms with E-state index in [1.54, 1.807) is 6.20 Å². The van der Waals surface area contributed by atoms with Crippen LogP contribution in [-0.4, -0.2) is 31.0 Å². The fourth-order valence-electron chi connectivity index (χ4n) is 1.78. The number of amides is 1. The van der Waals surface area contributed by atoms with Crippen molar-refractivity contribution >= 4 is 11.5 Å². The van der Waals surface area contributed by atoms with E-state index in [-0.39, 0.29) is 5.69 Å². The fraction of sp³-hybridized carbons (Fsp3) is 0.333. The first kappa shape index (κ1) is 11.7. The molecule has 0 fully saturated rings. The summed E-state index contributed by atoms with van der Waals surface area (Å²) in [6.45, 7) is 1.67. The minimum atomic E-state index is -0.582. The summed E-state index contributed by atoms with van der Waals surface area (Å²) in [5.41, 5.74) is 1.65. The highest BCUT2D eigenvalue weighted by molar-refractivity contribution is 5.92. The molecule has 5 heteroatoms. The number of pyridine rings is 1. The molecule has 2 heterocycles. The first-order valence-electron chi connectivity index (χ1n) is 5.50. The molecule has 2 N–H and O–H groups in total. The van der Waals surface area contributed by atoms with E-state index >= 15 is 0 Å². The number of carbonyl (C=O) groups is 1. The molecule has 0 saturated heterocycles. The van der Waals surface area contributed by atoms with Gasteiger partial charge >= 0.3 is 0 Å². The average Bonchev–Trinajstić information content (AvgIpc) is 2.39. The van der Waals surface area contributed by atoms with Crippen LogP contribution in [0.4, 0.5) is 4.39 Å². The molecular weight excluding hydrogens is 221 g/mol. The molecule has 0 unspecified atom stereocenters. The Balaban J connectivity index is 2.30. The van der Waals surface area contributed by atoms with Gasteiger partial charge in [0.1, 0.15) is 0 Å². The van der Waals surface area contributed by atoms with E-state index in [2.05, 4.69) is 15.6 Å². The van der Waals surface area contributed by atoms with Gasteiger partial charge in [-0.15, -0.1) is 0 Å². The second kappa shape index (κ2) is 5.05. The lowest BCUT2D eigenvalue weighted by Crippen LogP contribution is -2.22. The summed E-state index contributed by atoms with van der Waals surface area (Å²) >= 11 is 0. The zero-order valence-corrected chi connectivity index (χ0v) is 9.59. The Labute approximate surface area is 98.9 Å². The second-order valence-corrected chi connectivity index (χ2v) is 3.82. The Morgan fingerprint density at radius 2 is 2.41 bits per heavy atom. The highest BCUT2D eigenvalue weighted by Crippen LogP contribution is 2.20. The van der Waals surface area contributed by atoms with Crippen LogP contribution in [0.3, 0.4) is 0 Å². The molecule has 1 aromatic heterocycles. The van der Waals surface area contributed by atoms with Gasteiger partial charge in [-0.25, -0.2) is 9.37 Å². The molecule has 0 atom stereocenters. The number of rotatable bonds is 2. The Morgan fingerprint density at radius 1 is 1.59 bits per heavy atom. The minimum Gasteiger partial charge on any atom is -0.354 e. The SMILES string of the molecule is CNC(=O)c1ncc(C2=CCNCC2)cc1F. The molecule has 0 saturated carbocycles. The van der Waals surface area contributed by atoms with Gasteiger partial charge in [0.05, 0.1) is 0 Å². The summed E-state index contributed by atoms with van der Waals surface area (Å²) in [7, 11) is 1.45. The molecule has 90 valence electrons. The number of halogens is 1. The number of carbonyl (C=O) groups excluding carboxylic acids is 1. The highest BCUT2D eigenvalue weighted by atomic mass is 19.1. The van der Waals surface area contributed by atoms with Crippen molar-refractivity contribution in [1.29, 1.82) is 0 Å². The molecular formula is C12H14FN3O. The van der Waals surface area contributed by atoms with Gasteiger partial charge < -0.3 is 10.6 Å². The van der Waals surface area contributed by atoms with E-state index < -0.39 is 11.7 Å². The van der Waals surface area contributed by atoms with Crippen molar-refractivity contribution < 1.29 is 9.18 Å². The number of hydrogen-bond acceptors (Lipinski definition) is 3. The number of nitrogens with one attached hydrogen (secondary N) is 2. The van der Waals surface area contributed by atoms with Crippen LogP contribution < -0.4 is 10.6 Å². The van der Waals surface area contributed by atoms with E-state index in [1.165, 1.54) is 13.1 Å². The third kappa shape index (κ3) is 2.50. The third-order valence-corrected chi connectivity index (χ3v) is 2.72. The predicted octanol–water partition coefficient (Wildman–Crippen LogP) is 0.957. The van der Waals surface area contributed by atoms with Gasteiger partial charge in [0, 0.05) is 19.8 Å². The largest absolute Gasteiger partial charge is 0.354 e. The van der Waals surface area contributed by atoms with Gasteiger partial charge in [-0.1, -0.05) is 6.08 Å². The van der Waals surface area contributed by atoms with Gasteiger partial charge in [0.15, 0.2) is 11.5 Å². The lowest BCUT2D eigenvalue weighted by Gasteiger charge is -2.14. The lowest BCUT2D eigenvalue weighted by molar-refractivity contribution is 0.0953. The standard InChI is InChI=1S/C12H14FN3O/c1-14-12(17)11-10(13)6-9(7-16-11)8-2-4-15-5-3-8/h2,6-7,15H,3-5H2,1H3,(H,14,17). The van der Waals surface area contributed by atoms with Crippen LogP contribution in [0.25, 0.3) is 5.57 Å². The molecule has 1 amide bonds. The van der Waals surface area contributed by atoms with E-state index in [9.17, 15) is 9.18 Å². The van der Waals surface area contributed by atoms with Crippen LogP contribution in [-0.2, 0) is 0 Å². The number of hydrogen-bond donors (Lipinski definition) is 2. The monoisotopic (exact) mass is 235 g/mol. The Bertz CT molecular complexity index is 471. The summed E-state index contributed by atoms with van der Waals surface area (Å²) in [6.07, 6.45) is 4.41. The topological polar surface area (TPSA) is 54.0 Å².